The van der Waals surface area contributed by atoms with E-state index in [-0.39, 0.29) is 5.43 Å². The zero-order chi connectivity index (χ0) is 11.0. The van der Waals surface area contributed by atoms with E-state index in [0.717, 1.165) is 11.1 Å². The third kappa shape index (κ3) is 1.66. The molecule has 3 nitrogen and oxygen atoms in total. The van der Waals surface area contributed by atoms with Gasteiger partial charge in [-0.1, -0.05) is 12.1 Å². The molecular formula is C12H13NO2. The average Bonchev–Trinajstić information content (AvgIpc) is 2.19. The molecule has 1 atom stereocenters. The number of hydrogen-bond acceptors (Lipinski definition) is 2. The summed E-state index contributed by atoms with van der Waals surface area (Å²) in [5, 5.41) is 10.1. The van der Waals surface area contributed by atoms with Crippen LogP contribution in [0.3, 0.4) is 0 Å². The fraction of sp³-hybridized carbons (Fsp3) is 0.250. The van der Waals surface area contributed by atoms with Crippen LogP contribution in [0.25, 0.3) is 10.9 Å². The van der Waals surface area contributed by atoms with Crippen molar-refractivity contribution in [2.45, 2.75) is 20.0 Å². The number of hydrogen-bond donors (Lipinski definition) is 2. The summed E-state index contributed by atoms with van der Waals surface area (Å²) in [4.78, 5) is 14.8. The largest absolute Gasteiger partial charge is 0.387 e. The van der Waals surface area contributed by atoms with E-state index in [1.165, 1.54) is 6.07 Å². The molecule has 1 heterocycles. The van der Waals surface area contributed by atoms with Crippen LogP contribution in [0, 0.1) is 6.92 Å². The topological polar surface area (TPSA) is 53.1 Å². The highest BCUT2D eigenvalue weighted by molar-refractivity contribution is 5.81. The summed E-state index contributed by atoms with van der Waals surface area (Å²) in [5.41, 5.74) is 2.32. The molecule has 1 unspecified atom stereocenters. The maximum atomic E-state index is 11.7. The molecule has 2 rings (SSSR count). The number of H-pyrrole nitrogens is 1. The van der Waals surface area contributed by atoms with Crippen molar-refractivity contribution in [3.05, 3.63) is 45.7 Å². The molecule has 0 radical (unpaired) electrons. The van der Waals surface area contributed by atoms with Gasteiger partial charge in [-0.15, -0.1) is 0 Å². The molecule has 0 bridgehead atoms. The summed E-state index contributed by atoms with van der Waals surface area (Å²) in [6, 6.07) is 7.03. The quantitative estimate of drug-likeness (QED) is 0.743. The minimum atomic E-state index is -0.651. The van der Waals surface area contributed by atoms with Gasteiger partial charge in [-0.25, -0.2) is 0 Å². The van der Waals surface area contributed by atoms with Gasteiger partial charge in [0.15, 0.2) is 5.43 Å². The third-order valence-electron chi connectivity index (χ3n) is 2.54. The van der Waals surface area contributed by atoms with Gasteiger partial charge >= 0.3 is 0 Å². The van der Waals surface area contributed by atoms with Gasteiger partial charge in [-0.3, -0.25) is 4.79 Å². The van der Waals surface area contributed by atoms with E-state index < -0.39 is 6.10 Å². The molecule has 0 saturated carbocycles. The van der Waals surface area contributed by atoms with E-state index in [1.807, 2.05) is 19.1 Å². The number of aryl methyl sites for hydroxylation is 1. The molecule has 0 saturated heterocycles. The molecule has 0 spiro atoms. The molecule has 0 aliphatic carbocycles. The van der Waals surface area contributed by atoms with Crippen LogP contribution in [-0.2, 0) is 0 Å². The number of fused-ring (bicyclic) bond motifs is 1. The number of aromatic amines is 1. The number of aliphatic hydroxyl groups is 1. The van der Waals surface area contributed by atoms with E-state index >= 15 is 0 Å². The zero-order valence-electron chi connectivity index (χ0n) is 8.74. The Morgan fingerprint density at radius 1 is 1.40 bits per heavy atom. The number of benzene rings is 1. The average molecular weight is 203 g/mol. The first-order valence-corrected chi connectivity index (χ1v) is 4.90. The number of aliphatic hydroxyl groups excluding tert-OH is 1. The first-order valence-electron chi connectivity index (χ1n) is 4.90. The zero-order valence-corrected chi connectivity index (χ0v) is 8.74. The van der Waals surface area contributed by atoms with Crippen LogP contribution in [0.2, 0.25) is 0 Å². The van der Waals surface area contributed by atoms with Crippen molar-refractivity contribution in [3.63, 3.8) is 0 Å². The van der Waals surface area contributed by atoms with Crippen molar-refractivity contribution >= 4 is 10.9 Å². The van der Waals surface area contributed by atoms with Gasteiger partial charge in [0, 0.05) is 17.1 Å². The van der Waals surface area contributed by atoms with E-state index in [4.69, 9.17) is 0 Å². The molecule has 0 fully saturated rings. The predicted molar refractivity (Wildman–Crippen MR) is 59.9 cm³/mol. The Morgan fingerprint density at radius 3 is 2.80 bits per heavy atom. The second kappa shape index (κ2) is 3.51. The normalized spacial score (nSPS) is 13.0. The molecule has 1 aromatic heterocycles. The van der Waals surface area contributed by atoms with Gasteiger partial charge < -0.3 is 10.1 Å². The monoisotopic (exact) mass is 203 g/mol. The summed E-state index contributed by atoms with van der Waals surface area (Å²) in [5.74, 6) is 0. The molecule has 3 heteroatoms. The SMILES string of the molecule is Cc1cccc2c(=O)cc(C(C)O)[nH]c12. The Kier molecular flexibility index (Phi) is 2.32. The highest BCUT2D eigenvalue weighted by Gasteiger charge is 2.06. The van der Waals surface area contributed by atoms with Crippen LogP contribution in [-0.4, -0.2) is 10.1 Å². The molecular weight excluding hydrogens is 190 g/mol. The minimum Gasteiger partial charge on any atom is -0.387 e. The lowest BCUT2D eigenvalue weighted by atomic mass is 10.1. The standard InChI is InChI=1S/C12H13NO2/c1-7-4-3-5-9-11(15)6-10(8(2)14)13-12(7)9/h3-6,8,14H,1-2H3,(H,13,15). The smallest absolute Gasteiger partial charge is 0.189 e. The van der Waals surface area contributed by atoms with Crippen molar-refractivity contribution in [3.8, 4) is 0 Å². The number of rotatable bonds is 1. The predicted octanol–water partition coefficient (Wildman–Crippen LogP) is 1.89. The van der Waals surface area contributed by atoms with Crippen LogP contribution >= 0.6 is 0 Å². The Hall–Kier alpha value is -1.61. The summed E-state index contributed by atoms with van der Waals surface area (Å²) >= 11 is 0. The number of pyridine rings is 1. The first-order chi connectivity index (χ1) is 7.09. The van der Waals surface area contributed by atoms with E-state index in [9.17, 15) is 9.90 Å². The summed E-state index contributed by atoms with van der Waals surface area (Å²) in [7, 11) is 0. The lowest BCUT2D eigenvalue weighted by Gasteiger charge is -2.08. The highest BCUT2D eigenvalue weighted by atomic mass is 16.3. The van der Waals surface area contributed by atoms with Crippen LogP contribution in [0.4, 0.5) is 0 Å². The Balaban J connectivity index is 2.86. The molecule has 78 valence electrons. The summed E-state index contributed by atoms with van der Waals surface area (Å²) in [6.45, 7) is 3.57. The van der Waals surface area contributed by atoms with Gasteiger partial charge in [0.25, 0.3) is 0 Å². The number of para-hydroxylation sites is 1. The number of nitrogens with one attached hydrogen (secondary N) is 1. The molecule has 0 amide bonds. The first kappa shape index (κ1) is 9.93. The fourth-order valence-corrected chi connectivity index (χ4v) is 1.66. The van der Waals surface area contributed by atoms with Crippen LogP contribution < -0.4 is 5.43 Å². The molecule has 1 aromatic carbocycles. The van der Waals surface area contributed by atoms with Crippen molar-refractivity contribution in [1.82, 2.24) is 4.98 Å². The lowest BCUT2D eigenvalue weighted by molar-refractivity contribution is 0.194. The third-order valence-corrected chi connectivity index (χ3v) is 2.54. The molecule has 2 N–H and O–H groups in total. The molecule has 0 aliphatic rings. The second-order valence-electron chi connectivity index (χ2n) is 3.76. The lowest BCUT2D eigenvalue weighted by Crippen LogP contribution is -2.07. The van der Waals surface area contributed by atoms with E-state index in [2.05, 4.69) is 4.98 Å². The van der Waals surface area contributed by atoms with Crippen molar-refractivity contribution in [2.75, 3.05) is 0 Å². The van der Waals surface area contributed by atoms with Gasteiger partial charge in [0.2, 0.25) is 0 Å². The fourth-order valence-electron chi connectivity index (χ4n) is 1.66. The second-order valence-corrected chi connectivity index (χ2v) is 3.76. The van der Waals surface area contributed by atoms with Gasteiger partial charge in [0.1, 0.15) is 0 Å². The van der Waals surface area contributed by atoms with Crippen molar-refractivity contribution in [2.24, 2.45) is 0 Å². The van der Waals surface area contributed by atoms with Gasteiger partial charge in [0.05, 0.1) is 11.6 Å². The highest BCUT2D eigenvalue weighted by Crippen LogP contribution is 2.15. The Labute approximate surface area is 87.4 Å². The van der Waals surface area contributed by atoms with Gasteiger partial charge in [-0.05, 0) is 25.5 Å². The maximum Gasteiger partial charge on any atom is 0.189 e. The van der Waals surface area contributed by atoms with Crippen molar-refractivity contribution < 1.29 is 5.11 Å². The Bertz CT molecular complexity index is 555. The number of aromatic nitrogens is 1. The van der Waals surface area contributed by atoms with Crippen molar-refractivity contribution in [1.29, 1.82) is 0 Å². The van der Waals surface area contributed by atoms with Crippen LogP contribution in [0.1, 0.15) is 24.3 Å². The summed E-state index contributed by atoms with van der Waals surface area (Å²) in [6.07, 6.45) is -0.651. The molecule has 15 heavy (non-hydrogen) atoms. The van der Waals surface area contributed by atoms with Gasteiger partial charge in [-0.2, -0.15) is 0 Å². The summed E-state index contributed by atoms with van der Waals surface area (Å²) < 4.78 is 0. The van der Waals surface area contributed by atoms with E-state index in [0.29, 0.717) is 11.1 Å². The van der Waals surface area contributed by atoms with Crippen LogP contribution in [0.15, 0.2) is 29.1 Å². The Morgan fingerprint density at radius 2 is 2.13 bits per heavy atom. The van der Waals surface area contributed by atoms with Crippen LogP contribution in [0.5, 0.6) is 0 Å². The molecule has 0 aliphatic heterocycles. The maximum absolute atomic E-state index is 11.7. The minimum absolute atomic E-state index is 0.0525. The van der Waals surface area contributed by atoms with E-state index in [1.54, 1.807) is 13.0 Å². The molecule has 2 aromatic rings.